The van der Waals surface area contributed by atoms with Gasteiger partial charge in [-0.3, -0.25) is 4.79 Å². The van der Waals surface area contributed by atoms with Crippen molar-refractivity contribution >= 4 is 22.6 Å². The van der Waals surface area contributed by atoms with Crippen LogP contribution < -0.4 is 14.8 Å². The quantitative estimate of drug-likeness (QED) is 0.454. The Labute approximate surface area is 187 Å². The predicted molar refractivity (Wildman–Crippen MR) is 127 cm³/mol. The number of amides is 1. The fraction of sp³-hybridized carbons (Fsp3) is 0.231. The molecule has 0 aliphatic heterocycles. The van der Waals surface area contributed by atoms with Crippen molar-refractivity contribution in [2.75, 3.05) is 19.5 Å². The van der Waals surface area contributed by atoms with E-state index in [2.05, 4.69) is 5.32 Å². The zero-order valence-electron chi connectivity index (χ0n) is 18.8. The molecule has 0 radical (unpaired) electrons. The molecule has 4 aromatic rings. The first-order valence-corrected chi connectivity index (χ1v) is 10.5. The van der Waals surface area contributed by atoms with Crippen molar-refractivity contribution in [3.8, 4) is 11.5 Å². The van der Waals surface area contributed by atoms with Gasteiger partial charge >= 0.3 is 0 Å². The standard InChI is InChI=1S/C26H27N3O3/c1-17-9-10-18(2)21(13-17)28-26(30)16-29-22-8-6-5-7-20(22)27-25(29)15-19-11-12-23(31-3)24(14-19)32-4/h5-14H,15-16H2,1-4H3,(H,28,30). The summed E-state index contributed by atoms with van der Waals surface area (Å²) in [4.78, 5) is 17.8. The lowest BCUT2D eigenvalue weighted by atomic mass is 10.1. The van der Waals surface area contributed by atoms with Crippen molar-refractivity contribution in [2.45, 2.75) is 26.8 Å². The SMILES string of the molecule is COc1ccc(Cc2nc3ccccc3n2CC(=O)Nc2cc(C)ccc2C)cc1OC. The van der Waals surface area contributed by atoms with Crippen LogP contribution in [0, 0.1) is 13.8 Å². The summed E-state index contributed by atoms with van der Waals surface area (Å²) in [5.41, 5.74) is 5.79. The summed E-state index contributed by atoms with van der Waals surface area (Å²) in [6.07, 6.45) is 0.561. The highest BCUT2D eigenvalue weighted by Crippen LogP contribution is 2.29. The van der Waals surface area contributed by atoms with E-state index in [4.69, 9.17) is 14.5 Å². The van der Waals surface area contributed by atoms with E-state index in [0.717, 1.165) is 39.2 Å². The number of carbonyl (C=O) groups is 1. The number of para-hydroxylation sites is 2. The Bertz CT molecular complexity index is 1280. The molecule has 3 aromatic carbocycles. The zero-order valence-corrected chi connectivity index (χ0v) is 18.8. The van der Waals surface area contributed by atoms with Crippen LogP contribution in [-0.2, 0) is 17.8 Å². The molecule has 0 atom stereocenters. The van der Waals surface area contributed by atoms with E-state index in [1.807, 2.05) is 79.1 Å². The summed E-state index contributed by atoms with van der Waals surface area (Å²) >= 11 is 0. The highest BCUT2D eigenvalue weighted by molar-refractivity contribution is 5.92. The van der Waals surface area contributed by atoms with Crippen LogP contribution in [0.15, 0.2) is 60.7 Å². The number of aromatic nitrogens is 2. The lowest BCUT2D eigenvalue weighted by molar-refractivity contribution is -0.116. The summed E-state index contributed by atoms with van der Waals surface area (Å²) in [7, 11) is 3.24. The monoisotopic (exact) mass is 429 g/mol. The van der Waals surface area contributed by atoms with Crippen LogP contribution in [0.1, 0.15) is 22.5 Å². The third-order valence-electron chi connectivity index (χ3n) is 5.51. The average molecular weight is 430 g/mol. The third-order valence-corrected chi connectivity index (χ3v) is 5.51. The van der Waals surface area contributed by atoms with E-state index in [1.165, 1.54) is 0 Å². The van der Waals surface area contributed by atoms with Crippen LogP contribution in [0.4, 0.5) is 5.69 Å². The summed E-state index contributed by atoms with van der Waals surface area (Å²) in [5, 5.41) is 3.05. The Hall–Kier alpha value is -3.80. The Kier molecular flexibility index (Phi) is 6.12. The molecule has 1 amide bonds. The number of imidazole rings is 1. The number of hydrogen-bond acceptors (Lipinski definition) is 4. The first-order chi connectivity index (χ1) is 15.5. The van der Waals surface area contributed by atoms with Gasteiger partial charge in [-0.15, -0.1) is 0 Å². The van der Waals surface area contributed by atoms with Crippen molar-refractivity contribution in [1.29, 1.82) is 0 Å². The molecule has 0 spiro atoms. The number of fused-ring (bicyclic) bond motifs is 1. The molecule has 4 rings (SSSR count). The number of anilines is 1. The number of rotatable bonds is 7. The van der Waals surface area contributed by atoms with E-state index in [9.17, 15) is 4.79 Å². The highest BCUT2D eigenvalue weighted by atomic mass is 16.5. The van der Waals surface area contributed by atoms with E-state index >= 15 is 0 Å². The van der Waals surface area contributed by atoms with Gasteiger partial charge in [0.1, 0.15) is 12.4 Å². The maximum absolute atomic E-state index is 13.0. The van der Waals surface area contributed by atoms with Gasteiger partial charge in [-0.05, 0) is 60.9 Å². The van der Waals surface area contributed by atoms with Gasteiger partial charge in [0.05, 0.1) is 25.3 Å². The number of methoxy groups -OCH3 is 2. The minimum Gasteiger partial charge on any atom is -0.493 e. The van der Waals surface area contributed by atoms with Gasteiger partial charge in [0, 0.05) is 12.1 Å². The molecule has 0 saturated carbocycles. The molecule has 164 valence electrons. The number of ether oxygens (including phenoxy) is 2. The molecule has 1 N–H and O–H groups in total. The maximum Gasteiger partial charge on any atom is 0.244 e. The fourth-order valence-corrected chi connectivity index (χ4v) is 3.81. The van der Waals surface area contributed by atoms with Crippen molar-refractivity contribution in [2.24, 2.45) is 0 Å². The second kappa shape index (κ2) is 9.14. The lowest BCUT2D eigenvalue weighted by Crippen LogP contribution is -2.21. The molecule has 0 bridgehead atoms. The van der Waals surface area contributed by atoms with Crippen molar-refractivity contribution in [1.82, 2.24) is 9.55 Å². The molecule has 1 aromatic heterocycles. The van der Waals surface area contributed by atoms with Gasteiger partial charge in [0.2, 0.25) is 5.91 Å². The maximum atomic E-state index is 13.0. The number of hydrogen-bond donors (Lipinski definition) is 1. The molecule has 0 aliphatic rings. The molecule has 6 nitrogen and oxygen atoms in total. The van der Waals surface area contributed by atoms with E-state index in [1.54, 1.807) is 14.2 Å². The van der Waals surface area contributed by atoms with Crippen LogP contribution in [-0.4, -0.2) is 29.7 Å². The van der Waals surface area contributed by atoms with E-state index < -0.39 is 0 Å². The van der Waals surface area contributed by atoms with Gasteiger partial charge < -0.3 is 19.4 Å². The van der Waals surface area contributed by atoms with Crippen molar-refractivity contribution in [3.63, 3.8) is 0 Å². The number of nitrogens with zero attached hydrogens (tertiary/aromatic N) is 2. The van der Waals surface area contributed by atoms with Gasteiger partial charge in [-0.1, -0.05) is 30.3 Å². The lowest BCUT2D eigenvalue weighted by Gasteiger charge is -2.13. The Morgan fingerprint density at radius 1 is 0.969 bits per heavy atom. The van der Waals surface area contributed by atoms with Crippen LogP contribution in [0.25, 0.3) is 11.0 Å². The normalized spacial score (nSPS) is 10.9. The number of benzene rings is 3. The largest absolute Gasteiger partial charge is 0.493 e. The topological polar surface area (TPSA) is 65.4 Å². The van der Waals surface area contributed by atoms with E-state index in [-0.39, 0.29) is 12.5 Å². The second-order valence-corrected chi connectivity index (χ2v) is 7.84. The van der Waals surface area contributed by atoms with Crippen molar-refractivity contribution < 1.29 is 14.3 Å². The van der Waals surface area contributed by atoms with Gasteiger partial charge in [0.15, 0.2) is 11.5 Å². The third kappa shape index (κ3) is 4.44. The second-order valence-electron chi connectivity index (χ2n) is 7.84. The molecule has 0 fully saturated rings. The summed E-state index contributed by atoms with van der Waals surface area (Å²) in [6, 6.07) is 19.7. The molecular formula is C26H27N3O3. The zero-order chi connectivity index (χ0) is 22.7. The van der Waals surface area contributed by atoms with Gasteiger partial charge in [-0.25, -0.2) is 4.98 Å². The molecular weight excluding hydrogens is 402 g/mol. The Morgan fingerprint density at radius 2 is 1.75 bits per heavy atom. The number of carbonyl (C=O) groups excluding carboxylic acids is 1. The van der Waals surface area contributed by atoms with Crippen molar-refractivity contribution in [3.05, 3.63) is 83.2 Å². The number of aryl methyl sites for hydroxylation is 2. The Balaban J connectivity index is 1.65. The minimum absolute atomic E-state index is 0.0876. The highest BCUT2D eigenvalue weighted by Gasteiger charge is 2.16. The van der Waals surface area contributed by atoms with Gasteiger partial charge in [-0.2, -0.15) is 0 Å². The molecule has 0 aliphatic carbocycles. The smallest absolute Gasteiger partial charge is 0.244 e. The Morgan fingerprint density at radius 3 is 2.53 bits per heavy atom. The van der Waals surface area contributed by atoms with Crippen LogP contribution in [0.5, 0.6) is 11.5 Å². The molecule has 32 heavy (non-hydrogen) atoms. The number of nitrogens with one attached hydrogen (secondary N) is 1. The molecule has 0 saturated heterocycles. The fourth-order valence-electron chi connectivity index (χ4n) is 3.81. The summed E-state index contributed by atoms with van der Waals surface area (Å²) in [6.45, 7) is 4.18. The van der Waals surface area contributed by atoms with Crippen LogP contribution in [0.2, 0.25) is 0 Å². The van der Waals surface area contributed by atoms with Crippen LogP contribution in [0.3, 0.4) is 0 Å². The van der Waals surface area contributed by atoms with E-state index in [0.29, 0.717) is 17.9 Å². The molecule has 6 heteroatoms. The molecule has 1 heterocycles. The molecule has 0 unspecified atom stereocenters. The minimum atomic E-state index is -0.0876. The summed E-state index contributed by atoms with van der Waals surface area (Å²) < 4.78 is 12.8. The van der Waals surface area contributed by atoms with Gasteiger partial charge in [0.25, 0.3) is 0 Å². The first-order valence-electron chi connectivity index (χ1n) is 10.5. The summed E-state index contributed by atoms with van der Waals surface area (Å²) in [5.74, 6) is 2.07. The van der Waals surface area contributed by atoms with Crippen LogP contribution >= 0.6 is 0 Å². The average Bonchev–Trinajstić information content (AvgIpc) is 3.13. The predicted octanol–water partition coefficient (Wildman–Crippen LogP) is 4.90. The first kappa shape index (κ1) is 21.4.